The number of fused-ring (bicyclic) bond motifs is 4. The van der Waals surface area contributed by atoms with E-state index >= 15 is 0 Å². The standard InChI is InChI=1S/2C14H9NO5S.2Na/c2*15-12-10(21(18,19)20)6-5-9-11(12)14(17)8-4-2-1-3-7(8)13(9)16;;/h2*1-6H,15H2,(H,18,19,20);;/q;;2*+1/p-2. The maximum atomic E-state index is 12.4. The summed E-state index contributed by atoms with van der Waals surface area (Å²) in [6.45, 7) is 0. The number of anilines is 2. The van der Waals surface area contributed by atoms with Crippen LogP contribution >= 0.6 is 0 Å². The molecule has 44 heavy (non-hydrogen) atoms. The second-order valence-electron chi connectivity index (χ2n) is 9.12. The van der Waals surface area contributed by atoms with E-state index in [2.05, 4.69) is 0 Å². The third-order valence-electron chi connectivity index (χ3n) is 6.73. The van der Waals surface area contributed by atoms with Gasteiger partial charge in [0.15, 0.2) is 23.1 Å². The van der Waals surface area contributed by atoms with E-state index < -0.39 is 64.5 Å². The topological polar surface area (TPSA) is 235 Å². The Morgan fingerprint density at radius 1 is 0.432 bits per heavy atom. The first kappa shape index (κ1) is 35.5. The van der Waals surface area contributed by atoms with Crippen molar-refractivity contribution >= 4 is 54.7 Å². The molecule has 4 aromatic rings. The van der Waals surface area contributed by atoms with E-state index in [9.17, 15) is 45.1 Å². The summed E-state index contributed by atoms with van der Waals surface area (Å²) in [5.74, 6) is -1.99. The van der Waals surface area contributed by atoms with Gasteiger partial charge < -0.3 is 20.6 Å². The van der Waals surface area contributed by atoms with Crippen LogP contribution in [0.2, 0.25) is 0 Å². The molecule has 0 unspecified atom stereocenters. The molecule has 212 valence electrons. The van der Waals surface area contributed by atoms with Gasteiger partial charge in [0.25, 0.3) is 0 Å². The number of nitrogens with two attached hydrogens (primary N) is 2. The first-order valence-electron chi connectivity index (χ1n) is 11.8. The molecule has 0 fully saturated rings. The van der Waals surface area contributed by atoms with Gasteiger partial charge in [-0.15, -0.1) is 0 Å². The Kier molecular flexibility index (Phi) is 10.3. The Morgan fingerprint density at radius 2 is 0.705 bits per heavy atom. The van der Waals surface area contributed by atoms with E-state index in [4.69, 9.17) is 11.5 Å². The molecule has 0 spiro atoms. The second-order valence-corrected chi connectivity index (χ2v) is 11.8. The first-order valence-corrected chi connectivity index (χ1v) is 14.6. The molecule has 2 aliphatic carbocycles. The van der Waals surface area contributed by atoms with Crippen LogP contribution in [0.1, 0.15) is 63.7 Å². The van der Waals surface area contributed by atoms with Gasteiger partial charge in [0.1, 0.15) is 20.2 Å². The molecule has 0 aromatic heterocycles. The molecule has 4 aromatic carbocycles. The number of carbonyl (C=O) groups excluding carboxylic acids is 4. The van der Waals surface area contributed by atoms with Gasteiger partial charge in [-0.2, -0.15) is 0 Å². The summed E-state index contributed by atoms with van der Waals surface area (Å²) in [4.78, 5) is 48.1. The number of nitrogen functional groups attached to an aromatic ring is 2. The quantitative estimate of drug-likeness (QED) is 0.103. The fourth-order valence-corrected chi connectivity index (χ4v) is 6.03. The zero-order valence-electron chi connectivity index (χ0n) is 23.0. The predicted molar refractivity (Wildman–Crippen MR) is 144 cm³/mol. The van der Waals surface area contributed by atoms with Crippen molar-refractivity contribution in [3.8, 4) is 0 Å². The zero-order valence-corrected chi connectivity index (χ0v) is 28.6. The molecule has 16 heteroatoms. The molecule has 0 heterocycles. The van der Waals surface area contributed by atoms with Crippen LogP contribution < -0.4 is 70.6 Å². The van der Waals surface area contributed by atoms with Gasteiger partial charge in [-0.1, -0.05) is 48.5 Å². The van der Waals surface area contributed by atoms with Gasteiger partial charge >= 0.3 is 59.1 Å². The van der Waals surface area contributed by atoms with Gasteiger partial charge in [-0.3, -0.25) is 19.2 Å². The average Bonchev–Trinajstić information content (AvgIpc) is 2.93. The number of ketones is 4. The molecular formula is C28H16N2Na2O10S2. The number of benzene rings is 4. The smallest absolute Gasteiger partial charge is 0.744 e. The minimum Gasteiger partial charge on any atom is -0.744 e. The van der Waals surface area contributed by atoms with Crippen LogP contribution in [0.4, 0.5) is 11.4 Å². The van der Waals surface area contributed by atoms with Crippen LogP contribution in [0.5, 0.6) is 0 Å². The molecule has 0 saturated carbocycles. The van der Waals surface area contributed by atoms with Gasteiger partial charge in [0.05, 0.1) is 32.3 Å². The number of carbonyl (C=O) groups is 4. The zero-order chi connectivity index (χ0) is 30.7. The fraction of sp³-hybridized carbons (Fsp3) is 0. The summed E-state index contributed by atoms with van der Waals surface area (Å²) in [5, 5.41) is 0. The summed E-state index contributed by atoms with van der Waals surface area (Å²) in [6, 6.07) is 16.5. The van der Waals surface area contributed by atoms with Crippen molar-refractivity contribution < 1.29 is 104 Å². The van der Waals surface area contributed by atoms with Crippen LogP contribution in [0.3, 0.4) is 0 Å². The molecule has 0 bridgehead atoms. The number of hydrogen-bond acceptors (Lipinski definition) is 12. The van der Waals surface area contributed by atoms with Gasteiger partial charge in [-0.05, 0) is 24.3 Å². The summed E-state index contributed by atoms with van der Waals surface area (Å²) in [5.41, 5.74) is 10.6. The maximum absolute atomic E-state index is 12.4. The Morgan fingerprint density at radius 3 is 0.977 bits per heavy atom. The fourth-order valence-electron chi connectivity index (χ4n) is 4.82. The third kappa shape index (κ3) is 5.98. The molecule has 0 aliphatic heterocycles. The van der Waals surface area contributed by atoms with Crippen molar-refractivity contribution in [2.75, 3.05) is 11.5 Å². The van der Waals surface area contributed by atoms with Crippen molar-refractivity contribution in [3.05, 3.63) is 117 Å². The van der Waals surface area contributed by atoms with E-state index in [1.165, 1.54) is 24.3 Å². The minimum atomic E-state index is -4.82. The third-order valence-corrected chi connectivity index (χ3v) is 8.52. The predicted octanol–water partition coefficient (Wildman–Crippen LogP) is -4.10. The molecule has 0 atom stereocenters. The van der Waals surface area contributed by atoms with Gasteiger partial charge in [-0.25, -0.2) is 16.8 Å². The van der Waals surface area contributed by atoms with Crippen molar-refractivity contribution in [1.29, 1.82) is 0 Å². The van der Waals surface area contributed by atoms with E-state index in [1.54, 1.807) is 24.3 Å². The van der Waals surface area contributed by atoms with Gasteiger partial charge in [0.2, 0.25) is 0 Å². The summed E-state index contributed by atoms with van der Waals surface area (Å²) >= 11 is 0. The largest absolute Gasteiger partial charge is 1.00 e. The van der Waals surface area contributed by atoms with Crippen molar-refractivity contribution in [3.63, 3.8) is 0 Å². The summed E-state index contributed by atoms with van der Waals surface area (Å²) in [7, 11) is -9.65. The summed E-state index contributed by atoms with van der Waals surface area (Å²) < 4.78 is 66.8. The van der Waals surface area contributed by atoms with Crippen molar-refractivity contribution in [2.24, 2.45) is 0 Å². The molecule has 0 saturated heterocycles. The van der Waals surface area contributed by atoms with Gasteiger partial charge in [0, 0.05) is 33.4 Å². The Bertz CT molecular complexity index is 1990. The Hall–Kier alpha value is -3.02. The first-order chi connectivity index (χ1) is 19.6. The normalized spacial score (nSPS) is 13.1. The van der Waals surface area contributed by atoms with E-state index in [-0.39, 0.29) is 104 Å². The summed E-state index contributed by atoms with van der Waals surface area (Å²) in [6.07, 6.45) is 0. The van der Waals surface area contributed by atoms with E-state index in [1.807, 2.05) is 0 Å². The molecule has 4 N–H and O–H groups in total. The number of rotatable bonds is 2. The van der Waals surface area contributed by atoms with Crippen LogP contribution in [-0.4, -0.2) is 49.1 Å². The molecular weight excluding hydrogens is 634 g/mol. The number of hydrogen-bond donors (Lipinski definition) is 2. The maximum Gasteiger partial charge on any atom is 1.00 e. The molecule has 12 nitrogen and oxygen atoms in total. The monoisotopic (exact) mass is 650 g/mol. The van der Waals surface area contributed by atoms with Crippen LogP contribution in [0.15, 0.2) is 82.6 Å². The van der Waals surface area contributed by atoms with Crippen molar-refractivity contribution in [2.45, 2.75) is 9.79 Å². The van der Waals surface area contributed by atoms with E-state index in [0.29, 0.717) is 0 Å². The van der Waals surface area contributed by atoms with Crippen LogP contribution in [0, 0.1) is 0 Å². The second kappa shape index (κ2) is 12.8. The van der Waals surface area contributed by atoms with E-state index in [0.717, 1.165) is 24.3 Å². The molecule has 6 rings (SSSR count). The molecule has 0 radical (unpaired) electrons. The Balaban J connectivity index is 0.000000230. The van der Waals surface area contributed by atoms with Crippen LogP contribution in [-0.2, 0) is 20.2 Å². The van der Waals surface area contributed by atoms with Crippen molar-refractivity contribution in [1.82, 2.24) is 0 Å². The average molecular weight is 651 g/mol. The molecule has 2 aliphatic rings. The Labute approximate surface area is 294 Å². The SMILES string of the molecule is Nc1c(S(=O)(=O)[O-])ccc2c1C(=O)c1ccccc1C2=O.Nc1c(S(=O)(=O)[O-])ccc2c1C(=O)c1ccccc1C2=O.[Na+].[Na+]. The minimum absolute atomic E-state index is 0. The van der Waals surface area contributed by atoms with Crippen LogP contribution in [0.25, 0.3) is 0 Å². The molecule has 0 amide bonds.